The van der Waals surface area contributed by atoms with Crippen LogP contribution >= 0.6 is 11.6 Å². The largest absolute Gasteiger partial charge is 0.500 e. The van der Waals surface area contributed by atoms with E-state index in [-0.39, 0.29) is 6.61 Å². The zero-order valence-electron chi connectivity index (χ0n) is 7.53. The summed E-state index contributed by atoms with van der Waals surface area (Å²) in [5, 5.41) is -0.950. The van der Waals surface area contributed by atoms with E-state index in [1.165, 1.54) is 0 Å². The fourth-order valence-electron chi connectivity index (χ4n) is 0.549. The molecule has 0 saturated carbocycles. The van der Waals surface area contributed by atoms with Crippen LogP contribution in [0.1, 0.15) is 19.8 Å². The van der Waals surface area contributed by atoms with E-state index in [2.05, 4.69) is 4.74 Å². The van der Waals surface area contributed by atoms with Crippen LogP contribution in [0, 0.1) is 0 Å². The normalized spacial score (nSPS) is 12.8. The van der Waals surface area contributed by atoms with E-state index >= 15 is 0 Å². The molecule has 0 atom stereocenters. The predicted molar refractivity (Wildman–Crippen MR) is 45.9 cm³/mol. The molecule has 0 N–H and O–H groups in total. The molecule has 6 heteroatoms. The van der Waals surface area contributed by atoms with Gasteiger partial charge in [-0.15, -0.1) is 0 Å². The molecule has 0 aliphatic heterocycles. The summed E-state index contributed by atoms with van der Waals surface area (Å²) in [5.41, 5.74) is 0. The molecule has 0 aromatic rings. The molecule has 0 amide bonds. The lowest BCUT2D eigenvalue weighted by Gasteiger charge is -2.03. The number of ketones is 1. The maximum atomic E-state index is 11.7. The van der Waals surface area contributed by atoms with Gasteiger partial charge in [-0.2, -0.15) is 13.2 Å². The van der Waals surface area contributed by atoms with Crippen molar-refractivity contribution in [2.45, 2.75) is 25.9 Å². The van der Waals surface area contributed by atoms with E-state index < -0.39 is 17.0 Å². The molecule has 0 aromatic carbocycles. The quantitative estimate of drug-likeness (QED) is 0.412. The third-order valence-electron chi connectivity index (χ3n) is 1.28. The molecule has 0 saturated heterocycles. The number of allylic oxidation sites excluding steroid dienone is 1. The van der Waals surface area contributed by atoms with Gasteiger partial charge in [0.1, 0.15) is 11.3 Å². The fourth-order valence-corrected chi connectivity index (χ4v) is 0.719. The number of hydrogen-bond donors (Lipinski definition) is 0. The second-order valence-corrected chi connectivity index (χ2v) is 2.92. The van der Waals surface area contributed by atoms with Gasteiger partial charge in [-0.3, -0.25) is 4.79 Å². The van der Waals surface area contributed by atoms with Gasteiger partial charge in [0.15, 0.2) is 0 Å². The van der Waals surface area contributed by atoms with E-state index in [9.17, 15) is 18.0 Å². The van der Waals surface area contributed by atoms with E-state index in [4.69, 9.17) is 11.6 Å². The molecule has 82 valence electrons. The number of hydrogen-bond acceptors (Lipinski definition) is 2. The first-order valence-corrected chi connectivity index (χ1v) is 4.36. The first-order valence-electron chi connectivity index (χ1n) is 3.98. The van der Waals surface area contributed by atoms with Gasteiger partial charge in [0.05, 0.1) is 6.61 Å². The minimum absolute atomic E-state index is 0.248. The third-order valence-corrected chi connectivity index (χ3v) is 1.54. The standard InChI is InChI=1S/C8H10ClF3O2/c1-2-3-4-14-5-6(9)7(13)8(10,11)12/h5H,2-4H2,1H3. The molecule has 0 spiro atoms. The Labute approximate surface area is 84.7 Å². The third kappa shape index (κ3) is 5.11. The van der Waals surface area contributed by atoms with Crippen LogP contribution in [0.3, 0.4) is 0 Å². The van der Waals surface area contributed by atoms with Crippen LogP contribution in [-0.4, -0.2) is 18.6 Å². The molecule has 0 fully saturated rings. The Bertz CT molecular complexity index is 223. The smallest absolute Gasteiger partial charge is 0.455 e. The minimum Gasteiger partial charge on any atom is -0.500 e. The lowest BCUT2D eigenvalue weighted by atomic mass is 10.3. The maximum Gasteiger partial charge on any atom is 0.455 e. The monoisotopic (exact) mass is 230 g/mol. The summed E-state index contributed by atoms with van der Waals surface area (Å²) in [5.74, 6) is -2.09. The van der Waals surface area contributed by atoms with Gasteiger partial charge in [-0.1, -0.05) is 24.9 Å². The maximum absolute atomic E-state index is 11.7. The van der Waals surface area contributed by atoms with E-state index in [1.807, 2.05) is 6.92 Å². The molecular weight excluding hydrogens is 221 g/mol. The molecule has 0 rings (SSSR count). The summed E-state index contributed by atoms with van der Waals surface area (Å²) in [7, 11) is 0. The Morgan fingerprint density at radius 2 is 2.07 bits per heavy atom. The second kappa shape index (κ2) is 5.90. The number of ether oxygens (including phenoxy) is 1. The van der Waals surface area contributed by atoms with E-state index in [0.29, 0.717) is 12.7 Å². The zero-order valence-corrected chi connectivity index (χ0v) is 8.28. The SMILES string of the molecule is CCCCOC=C(Cl)C(=O)C(F)(F)F. The van der Waals surface area contributed by atoms with Crippen molar-refractivity contribution in [3.05, 3.63) is 11.3 Å². The summed E-state index contributed by atoms with van der Waals surface area (Å²) < 4.78 is 39.9. The molecule has 2 nitrogen and oxygen atoms in total. The number of carbonyl (C=O) groups excluding carboxylic acids is 1. The lowest BCUT2D eigenvalue weighted by Crippen LogP contribution is -2.22. The molecular formula is C8H10ClF3O2. The van der Waals surface area contributed by atoms with Gasteiger partial charge in [0.25, 0.3) is 5.78 Å². The van der Waals surface area contributed by atoms with Crippen molar-refractivity contribution in [3.8, 4) is 0 Å². The van der Waals surface area contributed by atoms with Crippen molar-refractivity contribution in [3.63, 3.8) is 0 Å². The summed E-state index contributed by atoms with van der Waals surface area (Å²) in [6.07, 6.45) is -2.77. The van der Waals surface area contributed by atoms with Crippen molar-refractivity contribution in [1.82, 2.24) is 0 Å². The lowest BCUT2D eigenvalue weighted by molar-refractivity contribution is -0.165. The number of halogens is 4. The number of rotatable bonds is 5. The Kier molecular flexibility index (Phi) is 5.60. The van der Waals surface area contributed by atoms with Crippen LogP contribution < -0.4 is 0 Å². The van der Waals surface area contributed by atoms with Gasteiger partial charge in [-0.25, -0.2) is 0 Å². The molecule has 0 unspecified atom stereocenters. The summed E-state index contributed by atoms with van der Waals surface area (Å²) >= 11 is 5.06. The second-order valence-electron chi connectivity index (χ2n) is 2.52. The van der Waals surface area contributed by atoms with Gasteiger partial charge >= 0.3 is 6.18 Å². The minimum atomic E-state index is -4.94. The number of alkyl halides is 3. The summed E-state index contributed by atoms with van der Waals surface area (Å²) in [6.45, 7) is 2.15. The van der Waals surface area contributed by atoms with Crippen LogP contribution in [0.25, 0.3) is 0 Å². The molecule has 0 aromatic heterocycles. The average molecular weight is 231 g/mol. The number of Topliss-reactive ketones (excluding diaryl/α,β-unsaturated/α-hetero) is 1. The van der Waals surface area contributed by atoms with Gasteiger partial charge in [0.2, 0.25) is 0 Å². The Morgan fingerprint density at radius 3 is 2.50 bits per heavy atom. The van der Waals surface area contributed by atoms with Crippen molar-refractivity contribution in [2.24, 2.45) is 0 Å². The van der Waals surface area contributed by atoms with E-state index in [1.54, 1.807) is 0 Å². The first-order chi connectivity index (χ1) is 6.39. The Balaban J connectivity index is 4.05. The molecule has 0 aliphatic rings. The highest BCUT2D eigenvalue weighted by Gasteiger charge is 2.40. The molecule has 14 heavy (non-hydrogen) atoms. The Hall–Kier alpha value is -0.710. The summed E-state index contributed by atoms with van der Waals surface area (Å²) in [4.78, 5) is 10.4. The van der Waals surface area contributed by atoms with Crippen LogP contribution in [0.15, 0.2) is 11.3 Å². The Morgan fingerprint density at radius 1 is 1.50 bits per heavy atom. The molecule has 0 heterocycles. The predicted octanol–water partition coefficient (Wildman–Crippen LogP) is 3.01. The van der Waals surface area contributed by atoms with E-state index in [0.717, 1.165) is 6.42 Å². The van der Waals surface area contributed by atoms with Crippen LogP contribution in [0.5, 0.6) is 0 Å². The molecule has 0 aliphatic carbocycles. The van der Waals surface area contributed by atoms with Crippen molar-refractivity contribution >= 4 is 17.4 Å². The average Bonchev–Trinajstić information content (AvgIpc) is 2.09. The number of unbranched alkanes of at least 4 members (excludes halogenated alkanes) is 1. The van der Waals surface area contributed by atoms with Crippen LogP contribution in [-0.2, 0) is 9.53 Å². The molecule has 0 radical (unpaired) electrons. The highest BCUT2D eigenvalue weighted by Crippen LogP contribution is 2.22. The van der Waals surface area contributed by atoms with Crippen molar-refractivity contribution in [2.75, 3.05) is 6.61 Å². The van der Waals surface area contributed by atoms with Crippen molar-refractivity contribution in [1.29, 1.82) is 0 Å². The first kappa shape index (κ1) is 13.3. The van der Waals surface area contributed by atoms with Crippen LogP contribution in [0.2, 0.25) is 0 Å². The summed E-state index contributed by atoms with van der Waals surface area (Å²) in [6, 6.07) is 0. The van der Waals surface area contributed by atoms with Gasteiger partial charge in [-0.05, 0) is 6.42 Å². The highest BCUT2D eigenvalue weighted by molar-refractivity contribution is 6.43. The highest BCUT2D eigenvalue weighted by atomic mass is 35.5. The number of carbonyl (C=O) groups is 1. The van der Waals surface area contributed by atoms with Crippen molar-refractivity contribution < 1.29 is 22.7 Å². The van der Waals surface area contributed by atoms with Gasteiger partial charge in [0, 0.05) is 0 Å². The topological polar surface area (TPSA) is 26.3 Å². The van der Waals surface area contributed by atoms with Crippen LogP contribution in [0.4, 0.5) is 13.2 Å². The zero-order chi connectivity index (χ0) is 11.2. The molecule has 0 bridgehead atoms. The van der Waals surface area contributed by atoms with Gasteiger partial charge < -0.3 is 4.74 Å². The fraction of sp³-hybridized carbons (Fsp3) is 0.625.